The molecule has 0 bridgehead atoms. The van der Waals surface area contributed by atoms with E-state index >= 15 is 0 Å². The van der Waals surface area contributed by atoms with Crippen molar-refractivity contribution in [2.75, 3.05) is 10.6 Å². The number of hydrogen-bond acceptors (Lipinski definition) is 3. The number of nitrogens with zero attached hydrogens (tertiary/aromatic N) is 1. The molecule has 0 aliphatic heterocycles. The number of amides is 1. The summed E-state index contributed by atoms with van der Waals surface area (Å²) in [5.41, 5.74) is 4.74. The Labute approximate surface area is 175 Å². The van der Waals surface area contributed by atoms with Crippen LogP contribution in [0.3, 0.4) is 0 Å². The van der Waals surface area contributed by atoms with Crippen molar-refractivity contribution in [2.24, 2.45) is 0 Å². The second-order valence-corrected chi connectivity index (χ2v) is 9.49. The van der Waals surface area contributed by atoms with Crippen molar-refractivity contribution in [3.05, 3.63) is 64.7 Å². The normalized spacial score (nSPS) is 13.6. The van der Waals surface area contributed by atoms with Gasteiger partial charge in [0.25, 0.3) is 0 Å². The predicted octanol–water partition coefficient (Wildman–Crippen LogP) is 4.42. The van der Waals surface area contributed by atoms with Crippen molar-refractivity contribution >= 4 is 21.6 Å². The lowest BCUT2D eigenvalue weighted by Crippen LogP contribution is -2.50. The van der Waals surface area contributed by atoms with E-state index in [1.54, 1.807) is 6.07 Å². The smallest absolute Gasteiger partial charge is 0.244 e. The molecular formula is C23H32N2O3S. The summed E-state index contributed by atoms with van der Waals surface area (Å²) in [6.45, 7) is 9.76. The Morgan fingerprint density at radius 2 is 1.59 bits per heavy atom. The Morgan fingerprint density at radius 1 is 0.966 bits per heavy atom. The van der Waals surface area contributed by atoms with Gasteiger partial charge in [0.2, 0.25) is 15.9 Å². The van der Waals surface area contributed by atoms with Crippen LogP contribution in [-0.4, -0.2) is 26.6 Å². The summed E-state index contributed by atoms with van der Waals surface area (Å²) in [6.07, 6.45) is 2.24. The van der Waals surface area contributed by atoms with Crippen LogP contribution < -0.4 is 9.62 Å². The van der Waals surface area contributed by atoms with Gasteiger partial charge in [-0.15, -0.1) is 0 Å². The number of aryl methyl sites for hydroxylation is 3. The Kier molecular flexibility index (Phi) is 7.47. The van der Waals surface area contributed by atoms with Crippen molar-refractivity contribution in [1.29, 1.82) is 0 Å². The minimum Gasteiger partial charge on any atom is -0.347 e. The molecule has 0 aromatic heterocycles. The quantitative estimate of drug-likeness (QED) is 0.692. The fourth-order valence-electron chi connectivity index (χ4n) is 3.41. The first-order chi connectivity index (χ1) is 13.6. The number of rotatable bonds is 8. The van der Waals surface area contributed by atoms with Crippen LogP contribution in [0.2, 0.25) is 0 Å². The third-order valence-electron chi connectivity index (χ3n) is 5.28. The van der Waals surface area contributed by atoms with Gasteiger partial charge in [-0.05, 0) is 62.4 Å². The van der Waals surface area contributed by atoms with Gasteiger partial charge in [0, 0.05) is 0 Å². The molecule has 2 aromatic carbocycles. The van der Waals surface area contributed by atoms with Gasteiger partial charge in [-0.1, -0.05) is 49.7 Å². The first kappa shape index (κ1) is 22.9. The molecule has 0 saturated heterocycles. The van der Waals surface area contributed by atoms with Crippen molar-refractivity contribution in [1.82, 2.24) is 5.32 Å². The molecule has 29 heavy (non-hydrogen) atoms. The van der Waals surface area contributed by atoms with Crippen LogP contribution in [0.25, 0.3) is 0 Å². The van der Waals surface area contributed by atoms with Gasteiger partial charge >= 0.3 is 0 Å². The highest BCUT2D eigenvalue weighted by atomic mass is 32.2. The summed E-state index contributed by atoms with van der Waals surface area (Å²) < 4.78 is 26.5. The van der Waals surface area contributed by atoms with Gasteiger partial charge in [-0.2, -0.15) is 0 Å². The molecule has 0 aliphatic rings. The van der Waals surface area contributed by atoms with E-state index in [1.807, 2.05) is 71.0 Å². The van der Waals surface area contributed by atoms with Crippen LogP contribution in [0.15, 0.2) is 42.5 Å². The van der Waals surface area contributed by atoms with E-state index in [1.165, 1.54) is 4.31 Å². The van der Waals surface area contributed by atoms with Crippen LogP contribution in [-0.2, 0) is 14.8 Å². The molecule has 0 unspecified atom stereocenters. The second kappa shape index (κ2) is 9.44. The Hall–Kier alpha value is -2.34. The number of carbonyl (C=O) groups is 1. The minimum atomic E-state index is -3.64. The average Bonchev–Trinajstić information content (AvgIpc) is 2.66. The van der Waals surface area contributed by atoms with Crippen LogP contribution in [0.1, 0.15) is 55.0 Å². The molecule has 0 heterocycles. The van der Waals surface area contributed by atoms with Crippen LogP contribution in [0, 0.1) is 20.8 Å². The Balaban J connectivity index is 2.36. The third kappa shape index (κ3) is 5.60. The molecule has 0 fully saturated rings. The number of carbonyl (C=O) groups excluding carboxylic acids is 1. The second-order valence-electron chi connectivity index (χ2n) is 7.63. The highest BCUT2D eigenvalue weighted by Gasteiger charge is 2.32. The summed E-state index contributed by atoms with van der Waals surface area (Å²) in [6, 6.07) is 12.5. The highest BCUT2D eigenvalue weighted by Crippen LogP contribution is 2.26. The molecule has 0 saturated carbocycles. The number of nitrogens with one attached hydrogen (secondary N) is 1. The zero-order chi connectivity index (χ0) is 21.8. The molecule has 2 atom stereocenters. The van der Waals surface area contributed by atoms with Gasteiger partial charge in [-0.25, -0.2) is 8.42 Å². The molecule has 6 heteroatoms. The van der Waals surface area contributed by atoms with Gasteiger partial charge in [0.05, 0.1) is 18.0 Å². The molecule has 0 radical (unpaired) electrons. The monoisotopic (exact) mass is 416 g/mol. The maximum absolute atomic E-state index is 13.2. The van der Waals surface area contributed by atoms with Gasteiger partial charge in [0.1, 0.15) is 6.04 Å². The molecule has 1 amide bonds. The van der Waals surface area contributed by atoms with Crippen molar-refractivity contribution in [3.8, 4) is 0 Å². The zero-order valence-electron chi connectivity index (χ0n) is 18.2. The number of sulfonamides is 1. The first-order valence-electron chi connectivity index (χ1n) is 10.0. The number of benzene rings is 2. The average molecular weight is 417 g/mol. The molecule has 2 rings (SSSR count). The predicted molar refractivity (Wildman–Crippen MR) is 120 cm³/mol. The van der Waals surface area contributed by atoms with Gasteiger partial charge < -0.3 is 5.32 Å². The van der Waals surface area contributed by atoms with E-state index < -0.39 is 16.1 Å². The molecule has 0 aliphatic carbocycles. The van der Waals surface area contributed by atoms with Crippen molar-refractivity contribution in [3.63, 3.8) is 0 Å². The summed E-state index contributed by atoms with van der Waals surface area (Å²) in [4.78, 5) is 13.2. The zero-order valence-corrected chi connectivity index (χ0v) is 19.0. The van der Waals surface area contributed by atoms with E-state index in [0.29, 0.717) is 18.5 Å². The van der Waals surface area contributed by atoms with E-state index in [4.69, 9.17) is 0 Å². The van der Waals surface area contributed by atoms with Gasteiger partial charge in [0.15, 0.2) is 0 Å². The molecule has 2 aromatic rings. The first-order valence-corrected chi connectivity index (χ1v) is 11.9. The topological polar surface area (TPSA) is 66.5 Å². The van der Waals surface area contributed by atoms with E-state index in [0.717, 1.165) is 28.5 Å². The standard InChI is InChI=1S/C23H32N2O3S/c1-7-21(19-12-9-16(3)10-13-19)24-23(26)22(8-2)25(29(6,27)28)20-14-11-17(4)18(5)15-20/h9-15,21-22H,7-8H2,1-6H3,(H,24,26)/t21-,22+/m1/s1. The summed E-state index contributed by atoms with van der Waals surface area (Å²) in [7, 11) is -3.64. The summed E-state index contributed by atoms with van der Waals surface area (Å²) in [5.74, 6) is -0.288. The number of anilines is 1. The molecule has 1 N–H and O–H groups in total. The molecule has 5 nitrogen and oxygen atoms in total. The van der Waals surface area contributed by atoms with E-state index in [-0.39, 0.29) is 11.9 Å². The molecule has 0 spiro atoms. The Bertz CT molecular complexity index is 953. The number of hydrogen-bond donors (Lipinski definition) is 1. The van der Waals surface area contributed by atoms with Crippen molar-refractivity contribution in [2.45, 2.75) is 59.5 Å². The largest absolute Gasteiger partial charge is 0.347 e. The van der Waals surface area contributed by atoms with Crippen LogP contribution in [0.5, 0.6) is 0 Å². The third-order valence-corrected chi connectivity index (χ3v) is 6.46. The maximum atomic E-state index is 13.2. The van der Waals surface area contributed by atoms with E-state index in [9.17, 15) is 13.2 Å². The lowest BCUT2D eigenvalue weighted by Gasteiger charge is -2.32. The lowest BCUT2D eigenvalue weighted by atomic mass is 10.0. The van der Waals surface area contributed by atoms with E-state index in [2.05, 4.69) is 5.32 Å². The highest BCUT2D eigenvalue weighted by molar-refractivity contribution is 7.92. The summed E-state index contributed by atoms with van der Waals surface area (Å²) in [5, 5.41) is 3.06. The fraction of sp³-hybridized carbons (Fsp3) is 0.435. The van der Waals surface area contributed by atoms with Crippen LogP contribution >= 0.6 is 0 Å². The van der Waals surface area contributed by atoms with Crippen LogP contribution in [0.4, 0.5) is 5.69 Å². The molecule has 158 valence electrons. The minimum absolute atomic E-state index is 0.168. The molecular weight excluding hydrogens is 384 g/mol. The lowest BCUT2D eigenvalue weighted by molar-refractivity contribution is -0.123. The SMILES string of the molecule is CC[C@@H](NC(=O)[C@H](CC)N(c1ccc(C)c(C)c1)S(C)(=O)=O)c1ccc(C)cc1. The van der Waals surface area contributed by atoms with Gasteiger partial charge in [-0.3, -0.25) is 9.10 Å². The fourth-order valence-corrected chi connectivity index (χ4v) is 4.61. The maximum Gasteiger partial charge on any atom is 0.244 e. The summed E-state index contributed by atoms with van der Waals surface area (Å²) >= 11 is 0. The van der Waals surface area contributed by atoms with Crippen molar-refractivity contribution < 1.29 is 13.2 Å². The Morgan fingerprint density at radius 3 is 2.07 bits per heavy atom.